The minimum Gasteiger partial charge on any atom is -0.0808 e. The van der Waals surface area contributed by atoms with Crippen LogP contribution in [0.2, 0.25) is 0 Å². The van der Waals surface area contributed by atoms with E-state index in [-0.39, 0.29) is 0 Å². The predicted octanol–water partition coefficient (Wildman–Crippen LogP) is 7.02. The molecule has 132 valence electrons. The van der Waals surface area contributed by atoms with E-state index < -0.39 is 0 Å². The summed E-state index contributed by atoms with van der Waals surface area (Å²) >= 11 is 0. The van der Waals surface area contributed by atoms with Gasteiger partial charge in [-0.15, -0.1) is 0 Å². The maximum atomic E-state index is 2.22. The van der Waals surface area contributed by atoms with Gasteiger partial charge in [0, 0.05) is 0 Å². The molecule has 0 saturated carbocycles. The van der Waals surface area contributed by atoms with Gasteiger partial charge in [0.05, 0.1) is 0 Å². The molecule has 3 aromatic rings. The van der Waals surface area contributed by atoms with E-state index in [1.54, 1.807) is 0 Å². The summed E-state index contributed by atoms with van der Waals surface area (Å²) in [6, 6.07) is 25.8. The Bertz CT molecular complexity index is 948. The van der Waals surface area contributed by atoms with E-state index in [1.165, 1.54) is 33.4 Å². The second-order valence-corrected chi connectivity index (χ2v) is 6.89. The van der Waals surface area contributed by atoms with E-state index >= 15 is 0 Å². The molecule has 0 radical (unpaired) electrons. The Morgan fingerprint density at radius 1 is 0.519 bits per heavy atom. The Morgan fingerprint density at radius 2 is 1.07 bits per heavy atom. The Hall–Kier alpha value is -3.12. The number of hydrogen-bond donors (Lipinski definition) is 0. The third-order valence-electron chi connectivity index (χ3n) is 5.05. The van der Waals surface area contributed by atoms with Crippen molar-refractivity contribution in [3.05, 3.63) is 125 Å². The first kappa shape index (κ1) is 17.3. The minimum atomic E-state index is 1.10. The van der Waals surface area contributed by atoms with Crippen molar-refractivity contribution in [2.75, 3.05) is 0 Å². The molecule has 0 aliphatic heterocycles. The molecule has 0 atom stereocenters. The van der Waals surface area contributed by atoms with Gasteiger partial charge in [0.1, 0.15) is 0 Å². The zero-order chi connectivity index (χ0) is 18.3. The van der Waals surface area contributed by atoms with E-state index in [1.807, 2.05) is 0 Å². The first-order valence-corrected chi connectivity index (χ1v) is 9.64. The molecule has 3 aliphatic rings. The summed E-state index contributed by atoms with van der Waals surface area (Å²) in [5.74, 6) is 0. The second-order valence-electron chi connectivity index (χ2n) is 6.89. The van der Waals surface area contributed by atoms with Gasteiger partial charge in [-0.25, -0.2) is 0 Å². The number of benzene rings is 3. The highest BCUT2D eigenvalue weighted by molar-refractivity contribution is 5.76. The number of hydrogen-bond acceptors (Lipinski definition) is 0. The van der Waals surface area contributed by atoms with Crippen LogP contribution in [0.1, 0.15) is 28.7 Å². The summed E-state index contributed by atoms with van der Waals surface area (Å²) in [6.07, 6.45) is 16.1. The topological polar surface area (TPSA) is 0 Å². The number of rotatable bonds is 0. The van der Waals surface area contributed by atoms with Crippen LogP contribution in [0, 0.1) is 0 Å². The van der Waals surface area contributed by atoms with Crippen molar-refractivity contribution in [1.29, 1.82) is 0 Å². The standard InChI is InChI=1S/C13H10.C9H8.C5H6/c1-3-7-12-10(5-1)9-11-6-2-4-8-13(11)12;1-2-5-9-7-3-6-8(9)4-1;1-2-4-5-3-1/h1-8H,9H2;1-6H,7H2;1-4H,5H2. The second kappa shape index (κ2) is 8.51. The lowest BCUT2D eigenvalue weighted by molar-refractivity contribution is 1.26. The first-order valence-electron chi connectivity index (χ1n) is 9.64. The van der Waals surface area contributed by atoms with Crippen LogP contribution in [0.15, 0.2) is 103 Å². The number of fused-ring (bicyclic) bond motifs is 4. The van der Waals surface area contributed by atoms with Gasteiger partial charge in [0.2, 0.25) is 0 Å². The van der Waals surface area contributed by atoms with Gasteiger partial charge in [-0.05, 0) is 52.6 Å². The lowest BCUT2D eigenvalue weighted by Gasteiger charge is -1.98. The summed E-state index contributed by atoms with van der Waals surface area (Å²) in [6.45, 7) is 0. The van der Waals surface area contributed by atoms with Crippen LogP contribution in [-0.2, 0) is 12.8 Å². The van der Waals surface area contributed by atoms with Crippen molar-refractivity contribution in [2.24, 2.45) is 0 Å². The fourth-order valence-corrected chi connectivity index (χ4v) is 3.67. The van der Waals surface area contributed by atoms with Crippen molar-refractivity contribution in [3.63, 3.8) is 0 Å². The fourth-order valence-electron chi connectivity index (χ4n) is 3.67. The lowest BCUT2D eigenvalue weighted by atomic mass is 10.1. The smallest absolute Gasteiger partial charge is 0.00135 e. The van der Waals surface area contributed by atoms with Gasteiger partial charge in [-0.3, -0.25) is 0 Å². The molecular weight excluding hydrogens is 324 g/mol. The lowest BCUT2D eigenvalue weighted by Crippen LogP contribution is -1.77. The van der Waals surface area contributed by atoms with Crippen LogP contribution in [0.5, 0.6) is 0 Å². The molecule has 0 aromatic heterocycles. The Labute approximate surface area is 162 Å². The third kappa shape index (κ3) is 4.17. The fraction of sp³-hybridized carbons (Fsp3) is 0.111. The van der Waals surface area contributed by atoms with E-state index in [2.05, 4.69) is 109 Å². The average Bonchev–Trinajstić information content (AvgIpc) is 3.49. The zero-order valence-corrected chi connectivity index (χ0v) is 15.5. The van der Waals surface area contributed by atoms with Crippen molar-refractivity contribution in [1.82, 2.24) is 0 Å². The SMILES string of the molecule is C1=CCC=C1.C1=Cc2ccccc2C1.c1ccc2c(c1)Cc1ccccc1-2. The molecule has 0 heterocycles. The summed E-state index contributed by atoms with van der Waals surface area (Å²) in [4.78, 5) is 0. The third-order valence-corrected chi connectivity index (χ3v) is 5.05. The molecular formula is C27H24. The molecule has 3 aliphatic carbocycles. The quantitative estimate of drug-likeness (QED) is 0.320. The largest absolute Gasteiger partial charge is 0.0808 e. The van der Waals surface area contributed by atoms with Crippen LogP contribution < -0.4 is 0 Å². The van der Waals surface area contributed by atoms with Crippen molar-refractivity contribution < 1.29 is 0 Å². The monoisotopic (exact) mass is 348 g/mol. The van der Waals surface area contributed by atoms with E-state index in [0.717, 1.165) is 19.3 Å². The van der Waals surface area contributed by atoms with Crippen molar-refractivity contribution in [3.8, 4) is 11.1 Å². The minimum absolute atomic E-state index is 1.10. The van der Waals surface area contributed by atoms with Gasteiger partial charge in [-0.1, -0.05) is 109 Å². The molecule has 6 rings (SSSR count). The van der Waals surface area contributed by atoms with E-state index in [4.69, 9.17) is 0 Å². The summed E-state index contributed by atoms with van der Waals surface area (Å²) < 4.78 is 0. The highest BCUT2D eigenvalue weighted by Crippen LogP contribution is 2.35. The average molecular weight is 348 g/mol. The van der Waals surface area contributed by atoms with Crippen molar-refractivity contribution in [2.45, 2.75) is 19.3 Å². The molecule has 27 heavy (non-hydrogen) atoms. The summed E-state index contributed by atoms with van der Waals surface area (Å²) in [5.41, 5.74) is 8.60. The maximum absolute atomic E-state index is 2.22. The summed E-state index contributed by atoms with van der Waals surface area (Å²) in [5, 5.41) is 0. The Kier molecular flexibility index (Phi) is 5.45. The summed E-state index contributed by atoms with van der Waals surface area (Å²) in [7, 11) is 0. The van der Waals surface area contributed by atoms with Crippen LogP contribution in [-0.4, -0.2) is 0 Å². The molecule has 0 amide bonds. The molecule has 0 unspecified atom stereocenters. The van der Waals surface area contributed by atoms with Gasteiger partial charge < -0.3 is 0 Å². The highest BCUT2D eigenvalue weighted by Gasteiger charge is 2.15. The van der Waals surface area contributed by atoms with E-state index in [9.17, 15) is 0 Å². The highest BCUT2D eigenvalue weighted by atomic mass is 14.2. The molecule has 0 N–H and O–H groups in total. The van der Waals surface area contributed by atoms with Crippen LogP contribution in [0.3, 0.4) is 0 Å². The molecule has 0 nitrogen and oxygen atoms in total. The normalized spacial score (nSPS) is 13.8. The first-order chi connectivity index (χ1) is 13.4. The Balaban J connectivity index is 0.000000111. The van der Waals surface area contributed by atoms with Gasteiger partial charge in [0.15, 0.2) is 0 Å². The molecule has 0 bridgehead atoms. The van der Waals surface area contributed by atoms with Crippen LogP contribution in [0.4, 0.5) is 0 Å². The van der Waals surface area contributed by atoms with Crippen LogP contribution in [0.25, 0.3) is 17.2 Å². The van der Waals surface area contributed by atoms with E-state index in [0.29, 0.717) is 0 Å². The molecule has 0 heteroatoms. The van der Waals surface area contributed by atoms with Gasteiger partial charge in [0.25, 0.3) is 0 Å². The molecule has 0 spiro atoms. The van der Waals surface area contributed by atoms with Gasteiger partial charge >= 0.3 is 0 Å². The molecule has 3 aromatic carbocycles. The van der Waals surface area contributed by atoms with Gasteiger partial charge in [-0.2, -0.15) is 0 Å². The predicted molar refractivity (Wildman–Crippen MR) is 117 cm³/mol. The maximum Gasteiger partial charge on any atom is -0.00135 e. The zero-order valence-electron chi connectivity index (χ0n) is 15.5. The van der Waals surface area contributed by atoms with Crippen molar-refractivity contribution >= 4 is 6.08 Å². The Morgan fingerprint density at radius 3 is 1.63 bits per heavy atom. The molecule has 0 saturated heterocycles. The molecule has 0 fully saturated rings. The number of allylic oxidation sites excluding steroid dienone is 5. The van der Waals surface area contributed by atoms with Crippen LogP contribution >= 0.6 is 0 Å².